The standard InChI is InChI=1S/C27H21ClN2O2S2/c1-32-23-13-9-21(10-14-23)26-15-24(20-5-3-2-4-6-20)25(16-29)27(30-26)33-18-34(31)17-19-7-11-22(28)12-8-19/h2-15H,17-18H2,1H3/t34-/m0/s1. The van der Waals surface area contributed by atoms with Crippen LogP contribution in [0.3, 0.4) is 0 Å². The minimum absolute atomic E-state index is 0.324. The monoisotopic (exact) mass is 504 g/mol. The van der Waals surface area contributed by atoms with Crippen LogP contribution >= 0.6 is 23.4 Å². The first kappa shape index (κ1) is 24.0. The molecule has 0 aliphatic carbocycles. The molecular formula is C27H21ClN2O2S2. The first-order chi connectivity index (χ1) is 16.6. The van der Waals surface area contributed by atoms with Crippen molar-refractivity contribution in [3.05, 3.63) is 101 Å². The Labute approximate surface area is 211 Å². The van der Waals surface area contributed by atoms with E-state index in [0.717, 1.165) is 33.7 Å². The van der Waals surface area contributed by atoms with Gasteiger partial charge in [-0.1, -0.05) is 65.8 Å². The molecule has 0 radical (unpaired) electrons. The summed E-state index contributed by atoms with van der Waals surface area (Å²) in [5.74, 6) is 1.17. The quantitative estimate of drug-likeness (QED) is 0.243. The molecule has 4 nitrogen and oxygen atoms in total. The lowest BCUT2D eigenvalue weighted by Crippen LogP contribution is -2.01. The maximum absolute atomic E-state index is 12.8. The highest BCUT2D eigenvalue weighted by molar-refractivity contribution is 8.10. The summed E-state index contributed by atoms with van der Waals surface area (Å²) in [6.45, 7) is 0. The molecule has 1 atom stereocenters. The molecule has 7 heteroatoms. The molecule has 0 fully saturated rings. The van der Waals surface area contributed by atoms with Crippen molar-refractivity contribution in [2.45, 2.75) is 10.8 Å². The zero-order valence-corrected chi connectivity index (χ0v) is 20.8. The molecule has 4 rings (SSSR count). The number of methoxy groups -OCH3 is 1. The van der Waals surface area contributed by atoms with E-state index in [0.29, 0.717) is 26.4 Å². The van der Waals surface area contributed by atoms with Gasteiger partial charge in [-0.3, -0.25) is 4.21 Å². The third-order valence-corrected chi connectivity index (χ3v) is 8.14. The summed E-state index contributed by atoms with van der Waals surface area (Å²) in [6, 6.07) is 29.0. The third-order valence-electron chi connectivity index (χ3n) is 5.14. The summed E-state index contributed by atoms with van der Waals surface area (Å²) in [5.41, 5.74) is 4.82. The number of nitrogens with zero attached hydrogens (tertiary/aromatic N) is 2. The molecule has 0 aliphatic rings. The van der Waals surface area contributed by atoms with Crippen LogP contribution in [0.25, 0.3) is 22.4 Å². The molecule has 0 saturated carbocycles. The van der Waals surface area contributed by atoms with Crippen molar-refractivity contribution < 1.29 is 8.95 Å². The van der Waals surface area contributed by atoms with E-state index in [-0.39, 0.29) is 0 Å². The lowest BCUT2D eigenvalue weighted by Gasteiger charge is -2.13. The van der Waals surface area contributed by atoms with Gasteiger partial charge in [-0.2, -0.15) is 5.26 Å². The maximum atomic E-state index is 12.8. The van der Waals surface area contributed by atoms with E-state index in [1.54, 1.807) is 19.2 Å². The predicted molar refractivity (Wildman–Crippen MR) is 140 cm³/mol. The summed E-state index contributed by atoms with van der Waals surface area (Å²) >= 11 is 7.29. The molecule has 0 bridgehead atoms. The van der Waals surface area contributed by atoms with Crippen LogP contribution < -0.4 is 4.74 Å². The smallest absolute Gasteiger partial charge is 0.118 e. The maximum Gasteiger partial charge on any atom is 0.118 e. The van der Waals surface area contributed by atoms with Crippen LogP contribution in [-0.2, 0) is 16.6 Å². The Morgan fingerprint density at radius 3 is 2.35 bits per heavy atom. The number of hydrogen-bond acceptors (Lipinski definition) is 5. The van der Waals surface area contributed by atoms with Crippen molar-refractivity contribution in [2.24, 2.45) is 0 Å². The molecule has 1 aromatic heterocycles. The van der Waals surface area contributed by atoms with Gasteiger partial charge in [0.25, 0.3) is 0 Å². The normalized spacial score (nSPS) is 11.6. The molecule has 0 unspecified atom stereocenters. The molecule has 0 spiro atoms. The second-order valence-electron chi connectivity index (χ2n) is 7.41. The number of hydrogen-bond donors (Lipinski definition) is 0. The molecule has 4 aromatic rings. The van der Waals surface area contributed by atoms with Gasteiger partial charge >= 0.3 is 0 Å². The fourth-order valence-electron chi connectivity index (χ4n) is 3.42. The number of aromatic nitrogens is 1. The third kappa shape index (κ3) is 5.87. The number of nitriles is 1. The van der Waals surface area contributed by atoms with Crippen LogP contribution in [0.5, 0.6) is 5.75 Å². The molecule has 3 aromatic carbocycles. The lowest BCUT2D eigenvalue weighted by molar-refractivity contribution is 0.415. The van der Waals surface area contributed by atoms with E-state index in [9.17, 15) is 9.47 Å². The average Bonchev–Trinajstić information content (AvgIpc) is 2.88. The minimum Gasteiger partial charge on any atom is -0.497 e. The highest BCUT2D eigenvalue weighted by Gasteiger charge is 2.17. The highest BCUT2D eigenvalue weighted by Crippen LogP contribution is 2.35. The van der Waals surface area contributed by atoms with Crippen LogP contribution in [0.1, 0.15) is 11.1 Å². The van der Waals surface area contributed by atoms with Crippen molar-refractivity contribution in [2.75, 3.05) is 12.2 Å². The van der Waals surface area contributed by atoms with Crippen LogP contribution in [0.2, 0.25) is 5.02 Å². The van der Waals surface area contributed by atoms with Gasteiger partial charge in [0.1, 0.15) is 16.8 Å². The van der Waals surface area contributed by atoms with Gasteiger partial charge in [0, 0.05) is 32.7 Å². The summed E-state index contributed by atoms with van der Waals surface area (Å²) < 4.78 is 18.1. The second-order valence-corrected chi connectivity index (χ2v) is 10.6. The molecular weight excluding hydrogens is 484 g/mol. The van der Waals surface area contributed by atoms with Gasteiger partial charge in [0.15, 0.2) is 0 Å². The Kier molecular flexibility index (Phi) is 8.02. The Morgan fingerprint density at radius 2 is 1.71 bits per heavy atom. The molecule has 34 heavy (non-hydrogen) atoms. The van der Waals surface area contributed by atoms with Crippen LogP contribution in [0, 0.1) is 11.3 Å². The van der Waals surface area contributed by atoms with Gasteiger partial charge < -0.3 is 4.74 Å². The van der Waals surface area contributed by atoms with Crippen molar-refractivity contribution >= 4 is 34.2 Å². The number of thioether (sulfide) groups is 1. The fourth-order valence-corrected chi connectivity index (χ4v) is 5.88. The van der Waals surface area contributed by atoms with Gasteiger partial charge in [-0.05, 0) is 53.6 Å². The topological polar surface area (TPSA) is 63.0 Å². The first-order valence-corrected chi connectivity index (χ1v) is 13.3. The van der Waals surface area contributed by atoms with E-state index >= 15 is 0 Å². The van der Waals surface area contributed by atoms with Crippen molar-refractivity contribution in [1.82, 2.24) is 4.98 Å². The van der Waals surface area contributed by atoms with E-state index in [4.69, 9.17) is 21.3 Å². The number of rotatable bonds is 8. The van der Waals surface area contributed by atoms with Gasteiger partial charge in [0.2, 0.25) is 0 Å². The van der Waals surface area contributed by atoms with Crippen molar-refractivity contribution in [3.63, 3.8) is 0 Å². The zero-order chi connectivity index (χ0) is 23.9. The Balaban J connectivity index is 1.67. The SMILES string of the molecule is COc1ccc(-c2cc(-c3ccccc3)c(C#N)c(SC[S@@](=O)Cc3ccc(Cl)cc3)n2)cc1. The molecule has 0 amide bonds. The van der Waals surface area contributed by atoms with Crippen molar-refractivity contribution in [1.29, 1.82) is 5.26 Å². The molecule has 0 N–H and O–H groups in total. The summed E-state index contributed by atoms with van der Waals surface area (Å²) in [7, 11) is 0.485. The predicted octanol–water partition coefficient (Wildman–Crippen LogP) is 6.95. The number of benzene rings is 3. The van der Waals surface area contributed by atoms with Gasteiger partial charge in [-0.15, -0.1) is 0 Å². The lowest BCUT2D eigenvalue weighted by atomic mass is 9.99. The van der Waals surface area contributed by atoms with Crippen molar-refractivity contribution in [3.8, 4) is 34.2 Å². The van der Waals surface area contributed by atoms with E-state index in [2.05, 4.69) is 6.07 Å². The molecule has 0 aliphatic heterocycles. The molecule has 0 saturated heterocycles. The van der Waals surface area contributed by atoms with Crippen LogP contribution in [0.15, 0.2) is 90.0 Å². The average molecular weight is 505 g/mol. The summed E-state index contributed by atoms with van der Waals surface area (Å²) in [4.78, 5) is 4.79. The Hall–Kier alpha value is -3.11. The largest absolute Gasteiger partial charge is 0.497 e. The fraction of sp³-hybridized carbons (Fsp3) is 0.111. The van der Waals surface area contributed by atoms with Crippen LogP contribution in [-0.4, -0.2) is 21.4 Å². The first-order valence-electron chi connectivity index (χ1n) is 10.4. The number of pyridine rings is 1. The van der Waals surface area contributed by atoms with Gasteiger partial charge in [-0.25, -0.2) is 4.98 Å². The Morgan fingerprint density at radius 1 is 1.00 bits per heavy atom. The molecule has 1 heterocycles. The Bertz CT molecular complexity index is 1340. The van der Waals surface area contributed by atoms with E-state index < -0.39 is 10.8 Å². The summed E-state index contributed by atoms with van der Waals surface area (Å²) in [6.07, 6.45) is 0. The zero-order valence-electron chi connectivity index (χ0n) is 18.4. The van der Waals surface area contributed by atoms with E-state index in [1.165, 1.54) is 11.8 Å². The highest BCUT2D eigenvalue weighted by atomic mass is 35.5. The number of halogens is 1. The second kappa shape index (κ2) is 11.3. The van der Waals surface area contributed by atoms with Gasteiger partial charge in [0.05, 0.1) is 23.5 Å². The van der Waals surface area contributed by atoms with Crippen LogP contribution in [0.4, 0.5) is 0 Å². The van der Waals surface area contributed by atoms with E-state index in [1.807, 2.05) is 72.8 Å². The minimum atomic E-state index is -1.14. The number of ether oxygens (including phenoxy) is 1. The molecule has 170 valence electrons. The summed E-state index contributed by atoms with van der Waals surface area (Å²) in [5, 5.41) is 11.5.